The van der Waals surface area contributed by atoms with Crippen LogP contribution in [0.15, 0.2) is 60.8 Å². The maximum Gasteiger partial charge on any atom is 0.306 e. The van der Waals surface area contributed by atoms with Crippen LogP contribution in [-0.4, -0.2) is 37.2 Å². The van der Waals surface area contributed by atoms with Gasteiger partial charge in [-0.3, -0.25) is 14.4 Å². The molecule has 0 aromatic heterocycles. The minimum atomic E-state index is -0.789. The summed E-state index contributed by atoms with van der Waals surface area (Å²) < 4.78 is 16.7. The number of unbranched alkanes of at least 4 members (excludes halogenated alkanes) is 23. The van der Waals surface area contributed by atoms with Crippen molar-refractivity contribution in [3.8, 4) is 0 Å². The third-order valence-electron chi connectivity index (χ3n) is 10.5. The topological polar surface area (TPSA) is 78.9 Å². The van der Waals surface area contributed by atoms with E-state index in [-0.39, 0.29) is 31.1 Å². The first-order valence-electron chi connectivity index (χ1n) is 24.8. The fourth-order valence-electron chi connectivity index (χ4n) is 6.64. The molecule has 0 bridgehead atoms. The maximum atomic E-state index is 12.8. The summed E-state index contributed by atoms with van der Waals surface area (Å²) in [4.78, 5) is 37.9. The largest absolute Gasteiger partial charge is 0.462 e. The lowest BCUT2D eigenvalue weighted by Crippen LogP contribution is -2.30. The first-order chi connectivity index (χ1) is 29.0. The van der Waals surface area contributed by atoms with Crippen LogP contribution in [0.1, 0.15) is 239 Å². The van der Waals surface area contributed by atoms with Crippen LogP contribution >= 0.6 is 0 Å². The molecule has 0 saturated heterocycles. The van der Waals surface area contributed by atoms with Gasteiger partial charge in [-0.25, -0.2) is 0 Å². The van der Waals surface area contributed by atoms with Crippen LogP contribution < -0.4 is 0 Å². The van der Waals surface area contributed by atoms with Crippen molar-refractivity contribution in [1.29, 1.82) is 0 Å². The number of hydrogen-bond acceptors (Lipinski definition) is 6. The van der Waals surface area contributed by atoms with Gasteiger partial charge in [-0.1, -0.05) is 184 Å². The lowest BCUT2D eigenvalue weighted by atomic mass is 10.1. The van der Waals surface area contributed by atoms with Gasteiger partial charge in [0, 0.05) is 19.3 Å². The van der Waals surface area contributed by atoms with Gasteiger partial charge in [-0.15, -0.1) is 0 Å². The van der Waals surface area contributed by atoms with Crippen LogP contribution in [0.3, 0.4) is 0 Å². The normalized spacial score (nSPS) is 12.5. The molecule has 0 radical (unpaired) electrons. The van der Waals surface area contributed by atoms with Gasteiger partial charge >= 0.3 is 17.9 Å². The summed E-state index contributed by atoms with van der Waals surface area (Å²) in [5.74, 6) is -0.925. The van der Waals surface area contributed by atoms with E-state index in [1.807, 2.05) is 0 Å². The average Bonchev–Trinajstić information content (AvgIpc) is 3.23. The van der Waals surface area contributed by atoms with Crippen molar-refractivity contribution in [3.05, 3.63) is 60.8 Å². The van der Waals surface area contributed by atoms with Crippen molar-refractivity contribution in [1.82, 2.24) is 0 Å². The number of carbonyl (C=O) groups excluding carboxylic acids is 3. The second-order valence-electron chi connectivity index (χ2n) is 16.4. The molecule has 6 heteroatoms. The van der Waals surface area contributed by atoms with Crippen LogP contribution in [-0.2, 0) is 28.6 Å². The summed E-state index contributed by atoms with van der Waals surface area (Å²) in [6.07, 6.45) is 57.6. The van der Waals surface area contributed by atoms with E-state index < -0.39 is 6.10 Å². The highest BCUT2D eigenvalue weighted by Gasteiger charge is 2.19. The van der Waals surface area contributed by atoms with E-state index in [0.29, 0.717) is 19.3 Å². The Hall–Kier alpha value is -2.89. The van der Waals surface area contributed by atoms with Crippen LogP contribution in [0.4, 0.5) is 0 Å². The van der Waals surface area contributed by atoms with Gasteiger partial charge in [-0.05, 0) is 96.3 Å². The maximum absolute atomic E-state index is 12.8. The van der Waals surface area contributed by atoms with Crippen LogP contribution in [0.5, 0.6) is 0 Å². The Morgan fingerprint density at radius 2 is 0.627 bits per heavy atom. The molecule has 1 unspecified atom stereocenters. The van der Waals surface area contributed by atoms with Crippen LogP contribution in [0.25, 0.3) is 0 Å². The molecule has 0 saturated carbocycles. The molecule has 0 heterocycles. The number of esters is 3. The highest BCUT2D eigenvalue weighted by atomic mass is 16.6. The third-order valence-corrected chi connectivity index (χ3v) is 10.5. The number of rotatable bonds is 44. The highest BCUT2D eigenvalue weighted by molar-refractivity contribution is 5.71. The van der Waals surface area contributed by atoms with E-state index >= 15 is 0 Å². The summed E-state index contributed by atoms with van der Waals surface area (Å²) in [5, 5.41) is 0. The van der Waals surface area contributed by atoms with E-state index in [0.717, 1.165) is 109 Å². The minimum Gasteiger partial charge on any atom is -0.462 e. The first-order valence-corrected chi connectivity index (χ1v) is 24.8. The Morgan fingerprint density at radius 1 is 0.339 bits per heavy atom. The molecule has 0 aromatic carbocycles. The first kappa shape index (κ1) is 56.1. The number of hydrogen-bond donors (Lipinski definition) is 0. The van der Waals surface area contributed by atoms with Crippen molar-refractivity contribution < 1.29 is 28.6 Å². The fourth-order valence-corrected chi connectivity index (χ4v) is 6.64. The van der Waals surface area contributed by atoms with Crippen LogP contribution in [0, 0.1) is 0 Å². The smallest absolute Gasteiger partial charge is 0.306 e. The number of ether oxygens (including phenoxy) is 3. The Bertz CT molecular complexity index is 1090. The zero-order valence-electron chi connectivity index (χ0n) is 38.8. The van der Waals surface area contributed by atoms with Gasteiger partial charge < -0.3 is 14.2 Å². The summed E-state index contributed by atoms with van der Waals surface area (Å²) in [7, 11) is 0. The van der Waals surface area contributed by atoms with Crippen molar-refractivity contribution in [3.63, 3.8) is 0 Å². The molecule has 0 aliphatic heterocycles. The molecular formula is C53H92O6. The predicted octanol–water partition coefficient (Wildman–Crippen LogP) is 16.1. The summed E-state index contributed by atoms with van der Waals surface area (Å²) >= 11 is 0. The van der Waals surface area contributed by atoms with Crippen molar-refractivity contribution in [2.45, 2.75) is 245 Å². The SMILES string of the molecule is CCCC/C=C\C/C=C\CCCCCCCC(=O)OCC(COC(=O)CCCCCCC/C=C\CCCCCC)OC(=O)CCCCCCC/C=C\C/C=C\CCCC. The van der Waals surface area contributed by atoms with Gasteiger partial charge in [0.25, 0.3) is 0 Å². The van der Waals surface area contributed by atoms with Gasteiger partial charge in [0.05, 0.1) is 0 Å². The van der Waals surface area contributed by atoms with Gasteiger partial charge in [0.1, 0.15) is 13.2 Å². The van der Waals surface area contributed by atoms with E-state index in [1.54, 1.807) is 0 Å². The fraction of sp³-hybridized carbons (Fsp3) is 0.755. The second kappa shape index (κ2) is 47.8. The lowest BCUT2D eigenvalue weighted by Gasteiger charge is -2.18. The van der Waals surface area contributed by atoms with E-state index in [1.165, 1.54) is 89.9 Å². The molecule has 1 atom stereocenters. The molecule has 0 aromatic rings. The standard InChI is InChI=1S/C53H92O6/c1-4-7-10-13-16-19-22-25-28-31-34-37-40-43-46-52(55)58-49-50(48-57-51(54)45-42-39-36-33-30-27-24-21-18-15-12-9-6-3)59-53(56)47-44-41-38-35-32-29-26-23-20-17-14-11-8-5-2/h13-14,16-17,21-26,50H,4-12,15,18-20,27-49H2,1-3H3/b16-13-,17-14-,24-21-,25-22-,26-23-. The molecule has 0 spiro atoms. The van der Waals surface area contributed by atoms with E-state index in [9.17, 15) is 14.4 Å². The monoisotopic (exact) mass is 825 g/mol. The van der Waals surface area contributed by atoms with Crippen molar-refractivity contribution >= 4 is 17.9 Å². The molecule has 0 aliphatic rings. The quantitative estimate of drug-likeness (QED) is 0.0263. The summed E-state index contributed by atoms with van der Waals surface area (Å²) in [6.45, 7) is 6.51. The summed E-state index contributed by atoms with van der Waals surface area (Å²) in [6, 6.07) is 0. The zero-order chi connectivity index (χ0) is 43.0. The van der Waals surface area contributed by atoms with Crippen molar-refractivity contribution in [2.24, 2.45) is 0 Å². The number of allylic oxidation sites excluding steroid dienone is 10. The highest BCUT2D eigenvalue weighted by Crippen LogP contribution is 2.13. The molecule has 340 valence electrons. The molecule has 59 heavy (non-hydrogen) atoms. The lowest BCUT2D eigenvalue weighted by molar-refractivity contribution is -0.167. The van der Waals surface area contributed by atoms with Gasteiger partial charge in [-0.2, -0.15) is 0 Å². The zero-order valence-corrected chi connectivity index (χ0v) is 38.8. The van der Waals surface area contributed by atoms with Crippen LogP contribution in [0.2, 0.25) is 0 Å². The number of carbonyl (C=O) groups is 3. The Labute approximate surface area is 364 Å². The molecule has 6 nitrogen and oxygen atoms in total. The average molecular weight is 825 g/mol. The third kappa shape index (κ3) is 46.0. The summed E-state index contributed by atoms with van der Waals surface area (Å²) in [5.41, 5.74) is 0. The minimum absolute atomic E-state index is 0.0890. The predicted molar refractivity (Wildman–Crippen MR) is 251 cm³/mol. The van der Waals surface area contributed by atoms with E-state index in [2.05, 4.69) is 81.5 Å². The molecule has 0 aliphatic carbocycles. The molecule has 0 amide bonds. The second-order valence-corrected chi connectivity index (χ2v) is 16.4. The molecule has 0 fully saturated rings. The van der Waals surface area contributed by atoms with Gasteiger partial charge in [0.2, 0.25) is 0 Å². The van der Waals surface area contributed by atoms with Gasteiger partial charge in [0.15, 0.2) is 6.10 Å². The Kier molecular flexibility index (Phi) is 45.4. The molecule has 0 rings (SSSR count). The van der Waals surface area contributed by atoms with Crippen molar-refractivity contribution in [2.75, 3.05) is 13.2 Å². The Morgan fingerprint density at radius 3 is 1.00 bits per heavy atom. The molecule has 0 N–H and O–H groups in total. The molecular weight excluding hydrogens is 733 g/mol. The van der Waals surface area contributed by atoms with E-state index in [4.69, 9.17) is 14.2 Å². The Balaban J connectivity index is 4.44.